The molecule has 0 saturated heterocycles. The summed E-state index contributed by atoms with van der Waals surface area (Å²) in [5.74, 6) is 0.654. The van der Waals surface area contributed by atoms with Gasteiger partial charge in [-0.1, -0.05) is 30.3 Å². The van der Waals surface area contributed by atoms with Crippen LogP contribution >= 0.6 is 0 Å². The fourth-order valence-corrected chi connectivity index (χ4v) is 1.86. The smallest absolute Gasteiger partial charge is 0.126 e. The molecule has 3 rings (SSSR count). The number of hydrogen-bond donors (Lipinski definition) is 1. The molecule has 0 aliphatic heterocycles. The molecule has 3 nitrogen and oxygen atoms in total. The molecule has 3 aromatic rings. The number of nitrogen functional groups attached to an aromatic ring is 1. The third kappa shape index (κ3) is 1.34. The van der Waals surface area contributed by atoms with E-state index in [1.165, 1.54) is 0 Å². The Morgan fingerprint density at radius 2 is 1.75 bits per heavy atom. The average Bonchev–Trinajstić information content (AvgIpc) is 2.79. The molecule has 0 unspecified atom stereocenters. The highest BCUT2D eigenvalue weighted by atomic mass is 15.2. The molecule has 0 spiro atoms. The SMILES string of the molecule is Nc1cc(-c2ccccc2)cc2ccnn12. The van der Waals surface area contributed by atoms with Crippen LogP contribution in [0.2, 0.25) is 0 Å². The molecule has 3 heteroatoms. The van der Waals surface area contributed by atoms with Gasteiger partial charge in [0.1, 0.15) is 5.82 Å². The van der Waals surface area contributed by atoms with Crippen molar-refractivity contribution < 1.29 is 0 Å². The number of anilines is 1. The van der Waals surface area contributed by atoms with Gasteiger partial charge in [-0.2, -0.15) is 5.10 Å². The van der Waals surface area contributed by atoms with Gasteiger partial charge in [-0.3, -0.25) is 0 Å². The van der Waals surface area contributed by atoms with Crippen LogP contribution in [0.25, 0.3) is 16.6 Å². The van der Waals surface area contributed by atoms with Gasteiger partial charge in [0.2, 0.25) is 0 Å². The molecule has 0 aliphatic rings. The third-order valence-electron chi connectivity index (χ3n) is 2.63. The Balaban J connectivity index is 2.25. The van der Waals surface area contributed by atoms with Crippen molar-refractivity contribution in [1.29, 1.82) is 0 Å². The Labute approximate surface area is 93.1 Å². The van der Waals surface area contributed by atoms with Crippen LogP contribution in [0.15, 0.2) is 54.7 Å². The van der Waals surface area contributed by atoms with Crippen LogP contribution in [0.4, 0.5) is 5.82 Å². The highest BCUT2D eigenvalue weighted by molar-refractivity contribution is 5.72. The Morgan fingerprint density at radius 1 is 0.938 bits per heavy atom. The molecule has 2 heterocycles. The molecule has 78 valence electrons. The summed E-state index contributed by atoms with van der Waals surface area (Å²) >= 11 is 0. The van der Waals surface area contributed by atoms with Crippen molar-refractivity contribution in [3.63, 3.8) is 0 Å². The largest absolute Gasteiger partial charge is 0.384 e. The lowest BCUT2D eigenvalue weighted by atomic mass is 10.1. The number of rotatable bonds is 1. The highest BCUT2D eigenvalue weighted by Gasteiger charge is 2.03. The van der Waals surface area contributed by atoms with E-state index in [1.54, 1.807) is 10.7 Å². The molecule has 2 aromatic heterocycles. The minimum atomic E-state index is 0.654. The van der Waals surface area contributed by atoms with Crippen molar-refractivity contribution in [2.24, 2.45) is 0 Å². The van der Waals surface area contributed by atoms with Crippen LogP contribution in [0.3, 0.4) is 0 Å². The van der Waals surface area contributed by atoms with Gasteiger partial charge in [0.25, 0.3) is 0 Å². The van der Waals surface area contributed by atoms with Crippen molar-refractivity contribution in [3.05, 3.63) is 54.7 Å². The van der Waals surface area contributed by atoms with E-state index >= 15 is 0 Å². The minimum Gasteiger partial charge on any atom is -0.384 e. The maximum absolute atomic E-state index is 5.94. The van der Waals surface area contributed by atoms with E-state index in [-0.39, 0.29) is 0 Å². The summed E-state index contributed by atoms with van der Waals surface area (Å²) in [6.07, 6.45) is 1.75. The number of pyridine rings is 1. The Bertz CT molecular complexity index is 626. The van der Waals surface area contributed by atoms with Gasteiger partial charge in [-0.25, -0.2) is 4.52 Å². The lowest BCUT2D eigenvalue weighted by Crippen LogP contribution is -1.98. The van der Waals surface area contributed by atoms with Crippen molar-refractivity contribution >= 4 is 11.3 Å². The van der Waals surface area contributed by atoms with Crippen LogP contribution in [0, 0.1) is 0 Å². The first-order chi connectivity index (χ1) is 7.84. The number of benzene rings is 1. The third-order valence-corrected chi connectivity index (χ3v) is 2.63. The standard InChI is InChI=1S/C13H11N3/c14-13-9-11(10-4-2-1-3-5-10)8-12-6-7-15-16(12)13/h1-9H,14H2. The topological polar surface area (TPSA) is 43.3 Å². The number of nitrogens with two attached hydrogens (primary N) is 1. The van der Waals surface area contributed by atoms with Crippen LogP contribution < -0.4 is 5.73 Å². The lowest BCUT2D eigenvalue weighted by Gasteiger charge is -2.05. The predicted molar refractivity (Wildman–Crippen MR) is 65.0 cm³/mol. The van der Waals surface area contributed by atoms with Crippen LogP contribution in [0.5, 0.6) is 0 Å². The van der Waals surface area contributed by atoms with Gasteiger partial charge in [0, 0.05) is 0 Å². The van der Waals surface area contributed by atoms with Gasteiger partial charge in [-0.05, 0) is 29.3 Å². The van der Waals surface area contributed by atoms with Gasteiger partial charge in [-0.15, -0.1) is 0 Å². The predicted octanol–water partition coefficient (Wildman–Crippen LogP) is 2.58. The second kappa shape index (κ2) is 3.38. The molecule has 0 atom stereocenters. The molecule has 0 saturated carbocycles. The van der Waals surface area contributed by atoms with Crippen molar-refractivity contribution in [3.8, 4) is 11.1 Å². The molecular weight excluding hydrogens is 198 g/mol. The van der Waals surface area contributed by atoms with Crippen molar-refractivity contribution in [2.75, 3.05) is 5.73 Å². The van der Waals surface area contributed by atoms with Gasteiger partial charge in [0.15, 0.2) is 0 Å². The Morgan fingerprint density at radius 3 is 2.56 bits per heavy atom. The molecule has 0 amide bonds. The van der Waals surface area contributed by atoms with E-state index < -0.39 is 0 Å². The molecule has 2 N–H and O–H groups in total. The van der Waals surface area contributed by atoms with Gasteiger partial charge in [0.05, 0.1) is 11.7 Å². The monoisotopic (exact) mass is 209 g/mol. The summed E-state index contributed by atoms with van der Waals surface area (Å²) in [5.41, 5.74) is 9.23. The second-order valence-corrected chi connectivity index (χ2v) is 3.70. The first-order valence-corrected chi connectivity index (χ1v) is 5.13. The Hall–Kier alpha value is -2.29. The number of fused-ring (bicyclic) bond motifs is 1. The molecular formula is C13H11N3. The lowest BCUT2D eigenvalue weighted by molar-refractivity contribution is 0.974. The van der Waals surface area contributed by atoms with Crippen LogP contribution in [0.1, 0.15) is 0 Å². The summed E-state index contributed by atoms with van der Waals surface area (Å²) < 4.78 is 1.73. The average molecular weight is 209 g/mol. The normalized spacial score (nSPS) is 10.8. The van der Waals surface area contributed by atoms with E-state index in [0.29, 0.717) is 5.82 Å². The Kier molecular flexibility index (Phi) is 1.90. The van der Waals surface area contributed by atoms with Crippen LogP contribution in [-0.4, -0.2) is 9.61 Å². The number of nitrogens with zero attached hydrogens (tertiary/aromatic N) is 2. The van der Waals surface area contributed by atoms with Crippen molar-refractivity contribution in [2.45, 2.75) is 0 Å². The molecule has 16 heavy (non-hydrogen) atoms. The highest BCUT2D eigenvalue weighted by Crippen LogP contribution is 2.23. The zero-order chi connectivity index (χ0) is 11.0. The summed E-state index contributed by atoms with van der Waals surface area (Å²) in [5, 5.41) is 4.14. The first kappa shape index (κ1) is 8.97. The number of hydrogen-bond acceptors (Lipinski definition) is 2. The molecule has 0 bridgehead atoms. The molecule has 0 fully saturated rings. The summed E-state index contributed by atoms with van der Waals surface area (Å²) in [6, 6.07) is 16.2. The summed E-state index contributed by atoms with van der Waals surface area (Å²) in [6.45, 7) is 0. The quantitative estimate of drug-likeness (QED) is 0.669. The zero-order valence-corrected chi connectivity index (χ0v) is 8.67. The van der Waals surface area contributed by atoms with Gasteiger partial charge < -0.3 is 5.73 Å². The fraction of sp³-hybridized carbons (Fsp3) is 0. The summed E-state index contributed by atoms with van der Waals surface area (Å²) in [7, 11) is 0. The molecule has 0 aliphatic carbocycles. The van der Waals surface area contributed by atoms with E-state index in [2.05, 4.69) is 23.3 Å². The fourth-order valence-electron chi connectivity index (χ4n) is 1.86. The van der Waals surface area contributed by atoms with E-state index in [9.17, 15) is 0 Å². The minimum absolute atomic E-state index is 0.654. The maximum atomic E-state index is 5.94. The number of aromatic nitrogens is 2. The van der Waals surface area contributed by atoms with E-state index in [4.69, 9.17) is 5.73 Å². The van der Waals surface area contributed by atoms with Crippen LogP contribution in [-0.2, 0) is 0 Å². The zero-order valence-electron chi connectivity index (χ0n) is 8.67. The molecule has 1 aromatic carbocycles. The summed E-state index contributed by atoms with van der Waals surface area (Å²) in [4.78, 5) is 0. The van der Waals surface area contributed by atoms with Gasteiger partial charge >= 0.3 is 0 Å². The second-order valence-electron chi connectivity index (χ2n) is 3.70. The van der Waals surface area contributed by atoms with E-state index in [0.717, 1.165) is 16.6 Å². The molecule has 0 radical (unpaired) electrons. The first-order valence-electron chi connectivity index (χ1n) is 5.13. The van der Waals surface area contributed by atoms with Crippen molar-refractivity contribution in [1.82, 2.24) is 9.61 Å². The van der Waals surface area contributed by atoms with E-state index in [1.807, 2.05) is 30.3 Å². The maximum Gasteiger partial charge on any atom is 0.126 e.